The monoisotopic (exact) mass is 505 g/mol. The van der Waals surface area contributed by atoms with Crippen molar-refractivity contribution in [1.29, 1.82) is 0 Å². The van der Waals surface area contributed by atoms with Crippen molar-refractivity contribution in [2.45, 2.75) is 30.6 Å². The van der Waals surface area contributed by atoms with Gasteiger partial charge in [-0.3, -0.25) is 9.35 Å². The molecule has 178 valence electrons. The van der Waals surface area contributed by atoms with Crippen molar-refractivity contribution in [1.82, 2.24) is 0 Å². The molecule has 2 heterocycles. The lowest BCUT2D eigenvalue weighted by Crippen LogP contribution is -2.22. The predicted octanol–water partition coefficient (Wildman–Crippen LogP) is 5.60. The Morgan fingerprint density at radius 2 is 1.80 bits per heavy atom. The number of amides is 1. The summed E-state index contributed by atoms with van der Waals surface area (Å²) in [4.78, 5) is 16.5. The lowest BCUT2D eigenvalue weighted by Gasteiger charge is -2.20. The molecule has 0 spiro atoms. The van der Waals surface area contributed by atoms with Crippen LogP contribution in [0.3, 0.4) is 0 Å². The minimum Gasteiger partial charge on any atom is -0.335 e. The van der Waals surface area contributed by atoms with E-state index in [0.29, 0.717) is 17.0 Å². The highest BCUT2D eigenvalue weighted by atomic mass is 32.2. The summed E-state index contributed by atoms with van der Waals surface area (Å²) in [6, 6.07) is 18.0. The van der Waals surface area contributed by atoms with Crippen molar-refractivity contribution in [2.24, 2.45) is 5.10 Å². The summed E-state index contributed by atoms with van der Waals surface area (Å²) in [6.07, 6.45) is 2.03. The molecule has 0 fully saturated rings. The first-order valence-corrected chi connectivity index (χ1v) is 13.3. The number of anilines is 2. The molecule has 1 N–H and O–H groups in total. The quantitative estimate of drug-likeness (QED) is 0.367. The van der Waals surface area contributed by atoms with Crippen LogP contribution >= 0.6 is 11.8 Å². The van der Waals surface area contributed by atoms with E-state index in [-0.39, 0.29) is 10.8 Å². The van der Waals surface area contributed by atoms with Gasteiger partial charge < -0.3 is 4.90 Å². The maximum Gasteiger partial charge on any atom is 0.294 e. The number of thioether (sulfide) groups is 1. The van der Waals surface area contributed by atoms with Gasteiger partial charge in [0.05, 0.1) is 32.6 Å². The number of nitrogens with zero attached hydrogens (tertiary/aromatic N) is 3. The van der Waals surface area contributed by atoms with Gasteiger partial charge in [-0.25, -0.2) is 0 Å². The van der Waals surface area contributed by atoms with Gasteiger partial charge in [0.15, 0.2) is 0 Å². The lowest BCUT2D eigenvalue weighted by atomic mass is 10.0. The van der Waals surface area contributed by atoms with Crippen molar-refractivity contribution in [3.05, 3.63) is 82.9 Å². The summed E-state index contributed by atoms with van der Waals surface area (Å²) in [5.41, 5.74) is 3.49. The van der Waals surface area contributed by atoms with Crippen LogP contribution in [0.1, 0.15) is 20.8 Å². The van der Waals surface area contributed by atoms with Crippen molar-refractivity contribution in [3.8, 4) is 0 Å². The zero-order valence-corrected chi connectivity index (χ0v) is 21.0. The molecule has 3 aromatic rings. The zero-order valence-electron chi connectivity index (χ0n) is 19.4. The topological polar surface area (TPSA) is 90.3 Å². The first kappa shape index (κ1) is 23.3. The first-order chi connectivity index (χ1) is 16.7. The fourth-order valence-electron chi connectivity index (χ4n) is 4.45. The Kier molecular flexibility index (Phi) is 5.79. The molecule has 35 heavy (non-hydrogen) atoms. The average molecular weight is 506 g/mol. The van der Waals surface area contributed by atoms with Crippen molar-refractivity contribution >= 4 is 55.6 Å². The van der Waals surface area contributed by atoms with Crippen molar-refractivity contribution in [2.75, 3.05) is 16.5 Å². The van der Waals surface area contributed by atoms with Crippen LogP contribution < -0.4 is 9.91 Å². The van der Waals surface area contributed by atoms with E-state index in [1.54, 1.807) is 18.7 Å². The number of rotatable bonds is 4. The van der Waals surface area contributed by atoms with Crippen LogP contribution in [0.15, 0.2) is 97.8 Å². The molecule has 0 radical (unpaired) electrons. The normalized spacial score (nSPS) is 18.5. The van der Waals surface area contributed by atoms with Crippen LogP contribution in [0.2, 0.25) is 0 Å². The molecular weight excluding hydrogens is 482 g/mol. The van der Waals surface area contributed by atoms with Gasteiger partial charge in [0.2, 0.25) is 0 Å². The number of hydrazone groups is 1. The number of fused-ring (bicyclic) bond motifs is 3. The minimum atomic E-state index is -4.31. The third kappa shape index (κ3) is 4.05. The number of benzene rings is 3. The number of hydrogen-bond acceptors (Lipinski definition) is 6. The Labute approximate surface area is 208 Å². The third-order valence-corrected chi connectivity index (χ3v) is 8.03. The van der Waals surface area contributed by atoms with Crippen LogP contribution in [0.4, 0.5) is 11.4 Å². The van der Waals surface area contributed by atoms with Gasteiger partial charge >= 0.3 is 0 Å². The second-order valence-corrected chi connectivity index (χ2v) is 10.8. The van der Waals surface area contributed by atoms with Crippen LogP contribution in [0, 0.1) is 0 Å². The third-order valence-electron chi connectivity index (χ3n) is 6.06. The first-order valence-electron chi connectivity index (χ1n) is 11.1. The number of allylic oxidation sites excluding steroid dienone is 2. The maximum absolute atomic E-state index is 13.3. The number of hydrogen-bond donors (Lipinski definition) is 1. The standard InChI is InChI=1S/C26H23N3O4S2/c1-4-28-23(34-22-14-9-18-7-5-6-8-21(18)25(22)28)15-16(2)24-17(3)27-29(26(24)30)19-10-12-20(13-11-19)35(31,32)33/h5-15H,4H2,1-3H3,(H,31,32,33)/b23-15-,24-16-. The molecule has 0 saturated heterocycles. The van der Waals surface area contributed by atoms with Crippen molar-refractivity contribution < 1.29 is 17.8 Å². The summed E-state index contributed by atoms with van der Waals surface area (Å²) < 4.78 is 31.8. The van der Waals surface area contributed by atoms with Gasteiger partial charge in [0.1, 0.15) is 0 Å². The molecule has 0 saturated carbocycles. The molecule has 0 bridgehead atoms. The molecule has 0 unspecified atom stereocenters. The molecule has 7 nitrogen and oxygen atoms in total. The second-order valence-electron chi connectivity index (χ2n) is 8.29. The Morgan fingerprint density at radius 1 is 1.09 bits per heavy atom. The fraction of sp³-hybridized carbons (Fsp3) is 0.154. The minimum absolute atomic E-state index is 0.240. The molecule has 5 rings (SSSR count). The van der Waals surface area contributed by atoms with Gasteiger partial charge in [0, 0.05) is 16.8 Å². The van der Waals surface area contributed by atoms with Crippen LogP contribution in [0.5, 0.6) is 0 Å². The molecule has 3 aromatic carbocycles. The van der Waals surface area contributed by atoms with Gasteiger partial charge in [-0.05, 0) is 68.1 Å². The molecule has 9 heteroatoms. The Balaban J connectivity index is 1.49. The van der Waals surface area contributed by atoms with E-state index >= 15 is 0 Å². The molecule has 0 aliphatic carbocycles. The Bertz CT molecular complexity index is 1570. The number of carbonyl (C=O) groups is 1. The van der Waals surface area contributed by atoms with E-state index in [4.69, 9.17) is 0 Å². The highest BCUT2D eigenvalue weighted by molar-refractivity contribution is 8.03. The molecule has 2 aliphatic rings. The second kappa shape index (κ2) is 8.67. The molecule has 2 aliphatic heterocycles. The van der Waals surface area contributed by atoms with Gasteiger partial charge in [-0.1, -0.05) is 42.1 Å². The summed E-state index contributed by atoms with van der Waals surface area (Å²) in [5.74, 6) is -0.287. The molecule has 1 amide bonds. The van der Waals surface area contributed by atoms with Gasteiger partial charge in [0.25, 0.3) is 16.0 Å². The van der Waals surface area contributed by atoms with Gasteiger partial charge in [-0.2, -0.15) is 18.5 Å². The van der Waals surface area contributed by atoms with Crippen LogP contribution in [0.25, 0.3) is 10.8 Å². The van der Waals surface area contributed by atoms with E-state index in [1.165, 1.54) is 50.6 Å². The van der Waals surface area contributed by atoms with Crippen LogP contribution in [-0.2, 0) is 14.9 Å². The smallest absolute Gasteiger partial charge is 0.294 e. The van der Waals surface area contributed by atoms with E-state index in [1.807, 2.05) is 25.1 Å². The average Bonchev–Trinajstić information content (AvgIpc) is 3.34. The summed E-state index contributed by atoms with van der Waals surface area (Å²) in [5, 5.41) is 9.09. The summed E-state index contributed by atoms with van der Waals surface area (Å²) in [6.45, 7) is 6.58. The molecule has 0 atom stereocenters. The fourth-order valence-corrected chi connectivity index (χ4v) is 6.17. The molecular formula is C26H23N3O4S2. The van der Waals surface area contributed by atoms with Gasteiger partial charge in [-0.15, -0.1) is 0 Å². The maximum atomic E-state index is 13.3. The number of carbonyl (C=O) groups excluding carboxylic acids is 1. The SMILES string of the molecule is CCN1/C(=C/C(C)=C2\C(=O)N(c3ccc(S(=O)(=O)O)cc3)N=C2C)Sc2ccc3ccccc3c21. The lowest BCUT2D eigenvalue weighted by molar-refractivity contribution is -0.114. The van der Waals surface area contributed by atoms with E-state index < -0.39 is 10.1 Å². The Hall–Kier alpha value is -3.40. The zero-order chi connectivity index (χ0) is 24.9. The summed E-state index contributed by atoms with van der Waals surface area (Å²) in [7, 11) is -4.31. The Morgan fingerprint density at radius 3 is 2.49 bits per heavy atom. The van der Waals surface area contributed by atoms with E-state index in [0.717, 1.165) is 17.1 Å². The largest absolute Gasteiger partial charge is 0.335 e. The van der Waals surface area contributed by atoms with E-state index in [9.17, 15) is 17.8 Å². The highest BCUT2D eigenvalue weighted by Gasteiger charge is 2.32. The summed E-state index contributed by atoms with van der Waals surface area (Å²) >= 11 is 1.68. The highest BCUT2D eigenvalue weighted by Crippen LogP contribution is 2.49. The van der Waals surface area contributed by atoms with E-state index in [2.05, 4.69) is 41.2 Å². The molecule has 0 aromatic heterocycles. The predicted molar refractivity (Wildman–Crippen MR) is 140 cm³/mol. The van der Waals surface area contributed by atoms with Crippen molar-refractivity contribution in [3.63, 3.8) is 0 Å². The van der Waals surface area contributed by atoms with Crippen LogP contribution in [-0.4, -0.2) is 31.1 Å².